The van der Waals surface area contributed by atoms with E-state index in [9.17, 15) is 4.79 Å². The lowest BCUT2D eigenvalue weighted by atomic mass is 10.2. The summed E-state index contributed by atoms with van der Waals surface area (Å²) >= 11 is 5.75. The summed E-state index contributed by atoms with van der Waals surface area (Å²) in [6.07, 6.45) is 0. The molecule has 2 nitrogen and oxygen atoms in total. The predicted octanol–water partition coefficient (Wildman–Crippen LogP) is 2.75. The Kier molecular flexibility index (Phi) is 1.85. The zero-order valence-electron chi connectivity index (χ0n) is 7.00. The quantitative estimate of drug-likeness (QED) is 0.646. The topological polar surface area (TPSA) is 30.2 Å². The Morgan fingerprint density at radius 3 is 2.85 bits per heavy atom. The first-order valence-electron chi connectivity index (χ1n) is 3.87. The van der Waals surface area contributed by atoms with Crippen molar-refractivity contribution in [3.05, 3.63) is 45.5 Å². The summed E-state index contributed by atoms with van der Waals surface area (Å²) in [4.78, 5) is 11.3. The molecule has 0 spiro atoms. The van der Waals surface area contributed by atoms with E-state index in [4.69, 9.17) is 16.0 Å². The lowest BCUT2D eigenvalue weighted by Gasteiger charge is -1.97. The van der Waals surface area contributed by atoms with Crippen LogP contribution in [-0.4, -0.2) is 0 Å². The van der Waals surface area contributed by atoms with E-state index in [0.29, 0.717) is 16.2 Å². The van der Waals surface area contributed by atoms with Gasteiger partial charge in [-0.15, -0.1) is 0 Å². The predicted molar refractivity (Wildman–Crippen MR) is 52.2 cm³/mol. The molecule has 0 aliphatic heterocycles. The van der Waals surface area contributed by atoms with Gasteiger partial charge in [-0.2, -0.15) is 0 Å². The first-order valence-corrected chi connectivity index (χ1v) is 4.24. The molecule has 1 aromatic heterocycles. The van der Waals surface area contributed by atoms with Crippen LogP contribution in [0.4, 0.5) is 0 Å². The third-order valence-electron chi connectivity index (χ3n) is 1.85. The monoisotopic (exact) mass is 194 g/mol. The molecule has 0 saturated carbocycles. The molecule has 1 aromatic carbocycles. The highest BCUT2D eigenvalue weighted by Gasteiger charge is 2.01. The third kappa shape index (κ3) is 1.45. The van der Waals surface area contributed by atoms with Crippen molar-refractivity contribution >= 4 is 22.4 Å². The van der Waals surface area contributed by atoms with Crippen LogP contribution in [0.5, 0.6) is 0 Å². The average Bonchev–Trinajstić information content (AvgIpc) is 2.06. The molecular formula is C10H7ClO2. The van der Waals surface area contributed by atoms with Gasteiger partial charge in [0.2, 0.25) is 0 Å². The minimum absolute atomic E-state index is 0.336. The molecule has 2 aromatic rings. The van der Waals surface area contributed by atoms with Crippen molar-refractivity contribution in [1.82, 2.24) is 0 Å². The Hall–Kier alpha value is -1.28. The van der Waals surface area contributed by atoms with Crippen molar-refractivity contribution in [2.24, 2.45) is 0 Å². The van der Waals surface area contributed by atoms with Crippen LogP contribution in [0.3, 0.4) is 0 Å². The van der Waals surface area contributed by atoms with E-state index in [1.54, 1.807) is 19.1 Å². The first-order chi connectivity index (χ1) is 6.16. The van der Waals surface area contributed by atoms with Gasteiger partial charge in [0.1, 0.15) is 5.76 Å². The highest BCUT2D eigenvalue weighted by atomic mass is 35.5. The minimum Gasteiger partial charge on any atom is -0.428 e. The molecule has 1 heterocycles. The van der Waals surface area contributed by atoms with Crippen molar-refractivity contribution < 1.29 is 4.42 Å². The second-order valence-corrected chi connectivity index (χ2v) is 3.31. The molecule has 66 valence electrons. The van der Waals surface area contributed by atoms with Crippen LogP contribution in [0, 0.1) is 6.92 Å². The van der Waals surface area contributed by atoms with Crippen LogP contribution in [0.2, 0.25) is 5.02 Å². The maximum absolute atomic E-state index is 11.3. The number of aryl methyl sites for hydroxylation is 1. The van der Waals surface area contributed by atoms with E-state index in [0.717, 1.165) is 5.39 Å². The lowest BCUT2D eigenvalue weighted by molar-refractivity contribution is 0.488. The summed E-state index contributed by atoms with van der Waals surface area (Å²) in [5, 5.41) is 1.93. The first kappa shape index (κ1) is 8.32. The van der Waals surface area contributed by atoms with Crippen molar-refractivity contribution in [2.75, 3.05) is 0 Å². The second kappa shape index (κ2) is 2.89. The smallest absolute Gasteiger partial charge is 0.343 e. The molecule has 0 aliphatic carbocycles. The maximum Gasteiger partial charge on any atom is 0.343 e. The van der Waals surface area contributed by atoms with Gasteiger partial charge in [0.05, 0.1) is 5.39 Å². The molecule has 3 heteroatoms. The van der Waals surface area contributed by atoms with Crippen molar-refractivity contribution in [1.29, 1.82) is 0 Å². The van der Waals surface area contributed by atoms with Gasteiger partial charge in [-0.05, 0) is 30.5 Å². The molecular weight excluding hydrogens is 188 g/mol. The highest BCUT2D eigenvalue weighted by Crippen LogP contribution is 2.16. The molecule has 0 amide bonds. The van der Waals surface area contributed by atoms with Gasteiger partial charge in [0.15, 0.2) is 0 Å². The molecule has 0 saturated heterocycles. The SMILES string of the molecule is Cc1cc2ccc(Cl)cc2c(=O)o1. The Morgan fingerprint density at radius 2 is 2.08 bits per heavy atom. The third-order valence-corrected chi connectivity index (χ3v) is 2.08. The van der Waals surface area contributed by atoms with Crippen LogP contribution in [0.25, 0.3) is 10.8 Å². The molecule has 0 N–H and O–H groups in total. The highest BCUT2D eigenvalue weighted by molar-refractivity contribution is 6.31. The summed E-state index contributed by atoms with van der Waals surface area (Å²) in [5.41, 5.74) is -0.336. The van der Waals surface area contributed by atoms with E-state index in [1.165, 1.54) is 0 Å². The number of hydrogen-bond donors (Lipinski definition) is 0. The molecule has 0 atom stereocenters. The van der Waals surface area contributed by atoms with Gasteiger partial charge in [-0.25, -0.2) is 4.79 Å². The Balaban J connectivity index is 2.95. The standard InChI is InChI=1S/C10H7ClO2/c1-6-4-7-2-3-8(11)5-9(7)10(12)13-6/h2-5H,1H3. The summed E-state index contributed by atoms with van der Waals surface area (Å²) in [6, 6.07) is 6.99. The van der Waals surface area contributed by atoms with Gasteiger partial charge in [-0.3, -0.25) is 0 Å². The van der Waals surface area contributed by atoms with E-state index >= 15 is 0 Å². The van der Waals surface area contributed by atoms with Crippen molar-refractivity contribution in [3.8, 4) is 0 Å². The van der Waals surface area contributed by atoms with Gasteiger partial charge in [-0.1, -0.05) is 17.7 Å². The largest absolute Gasteiger partial charge is 0.428 e. The second-order valence-electron chi connectivity index (χ2n) is 2.88. The van der Waals surface area contributed by atoms with Gasteiger partial charge < -0.3 is 4.42 Å². The normalized spacial score (nSPS) is 10.6. The summed E-state index contributed by atoms with van der Waals surface area (Å²) < 4.78 is 4.93. The Bertz CT molecular complexity index is 514. The number of halogens is 1. The fourth-order valence-corrected chi connectivity index (χ4v) is 1.45. The lowest BCUT2D eigenvalue weighted by Crippen LogP contribution is -1.99. The molecule has 0 aliphatic rings. The van der Waals surface area contributed by atoms with Crippen LogP contribution >= 0.6 is 11.6 Å². The molecule has 0 radical (unpaired) electrons. The van der Waals surface area contributed by atoms with Gasteiger partial charge in [0, 0.05) is 5.02 Å². The zero-order chi connectivity index (χ0) is 9.42. The van der Waals surface area contributed by atoms with E-state index in [-0.39, 0.29) is 5.63 Å². The molecule has 0 unspecified atom stereocenters. The van der Waals surface area contributed by atoms with Gasteiger partial charge >= 0.3 is 5.63 Å². The molecule has 0 bridgehead atoms. The summed E-state index contributed by atoms with van der Waals surface area (Å²) in [7, 11) is 0. The average molecular weight is 195 g/mol. The summed E-state index contributed by atoms with van der Waals surface area (Å²) in [6.45, 7) is 1.75. The molecule has 13 heavy (non-hydrogen) atoms. The number of fused-ring (bicyclic) bond motifs is 1. The summed E-state index contributed by atoms with van der Waals surface area (Å²) in [5.74, 6) is 0.611. The van der Waals surface area contributed by atoms with Crippen LogP contribution < -0.4 is 5.63 Å². The fraction of sp³-hybridized carbons (Fsp3) is 0.100. The van der Waals surface area contributed by atoms with E-state index in [1.807, 2.05) is 12.1 Å². The Morgan fingerprint density at radius 1 is 1.31 bits per heavy atom. The molecule has 2 rings (SSSR count). The van der Waals surface area contributed by atoms with E-state index < -0.39 is 0 Å². The maximum atomic E-state index is 11.3. The van der Waals surface area contributed by atoms with Crippen LogP contribution in [0.15, 0.2) is 33.5 Å². The van der Waals surface area contributed by atoms with Crippen molar-refractivity contribution in [2.45, 2.75) is 6.92 Å². The zero-order valence-corrected chi connectivity index (χ0v) is 7.76. The Labute approximate surface area is 79.7 Å². The number of rotatable bonds is 0. The van der Waals surface area contributed by atoms with Crippen LogP contribution in [0.1, 0.15) is 5.76 Å². The fourth-order valence-electron chi connectivity index (χ4n) is 1.28. The van der Waals surface area contributed by atoms with E-state index in [2.05, 4.69) is 0 Å². The van der Waals surface area contributed by atoms with Crippen molar-refractivity contribution in [3.63, 3.8) is 0 Å². The van der Waals surface area contributed by atoms with Gasteiger partial charge in [0.25, 0.3) is 0 Å². The van der Waals surface area contributed by atoms with Crippen LogP contribution in [-0.2, 0) is 0 Å². The molecule has 0 fully saturated rings. The minimum atomic E-state index is -0.336. The number of benzene rings is 1. The number of hydrogen-bond acceptors (Lipinski definition) is 2.